The Balaban J connectivity index is 2.14. The van der Waals surface area contributed by atoms with Gasteiger partial charge in [0.25, 0.3) is 0 Å². The van der Waals surface area contributed by atoms with Crippen LogP contribution in [0.3, 0.4) is 0 Å². The molecular formula is C11H13N2S2+. The molecular weight excluding hydrogens is 224 g/mol. The zero-order valence-corrected chi connectivity index (χ0v) is 10.1. The molecule has 0 saturated carbocycles. The van der Waals surface area contributed by atoms with Crippen molar-refractivity contribution in [2.24, 2.45) is 0 Å². The summed E-state index contributed by atoms with van der Waals surface area (Å²) in [6.07, 6.45) is 4.06. The maximum atomic E-state index is 4.35. The fraction of sp³-hybridized carbons (Fsp3) is 0.455. The summed E-state index contributed by atoms with van der Waals surface area (Å²) in [5.41, 5.74) is 1.14. The summed E-state index contributed by atoms with van der Waals surface area (Å²) in [6, 6.07) is 6.64. The van der Waals surface area contributed by atoms with E-state index in [1.54, 1.807) is 20.9 Å². The van der Waals surface area contributed by atoms with Gasteiger partial charge in [0.15, 0.2) is 0 Å². The van der Waals surface area contributed by atoms with Crippen LogP contribution in [0.25, 0.3) is 10.6 Å². The molecule has 1 saturated heterocycles. The normalized spacial score (nSPS) is 17.2. The van der Waals surface area contributed by atoms with Gasteiger partial charge in [-0.1, -0.05) is 10.3 Å². The highest BCUT2D eigenvalue weighted by Crippen LogP contribution is 2.25. The van der Waals surface area contributed by atoms with Gasteiger partial charge in [-0.15, -0.1) is 0 Å². The van der Waals surface area contributed by atoms with Gasteiger partial charge in [-0.2, -0.15) is 4.37 Å². The van der Waals surface area contributed by atoms with Crippen molar-refractivity contribution < 1.29 is 0 Å². The highest BCUT2D eigenvalue weighted by atomic mass is 32.9. The van der Waals surface area contributed by atoms with Crippen LogP contribution in [-0.2, 0) is 0 Å². The molecule has 3 aliphatic rings. The van der Waals surface area contributed by atoms with Crippen LogP contribution in [0.1, 0.15) is 19.3 Å². The van der Waals surface area contributed by atoms with E-state index >= 15 is 0 Å². The number of hydrogen-bond acceptors (Lipinski definition) is 3. The van der Waals surface area contributed by atoms with Gasteiger partial charge in [0.05, 0.1) is 10.6 Å². The molecule has 2 heterocycles. The summed E-state index contributed by atoms with van der Waals surface area (Å²) in [4.78, 5) is 1.32. The number of hydrogen-bond donors (Lipinski definition) is 0. The van der Waals surface area contributed by atoms with Crippen LogP contribution in [0.5, 0.6) is 0 Å². The quantitative estimate of drug-likeness (QED) is 0.507. The maximum Gasteiger partial charge on any atom is 0.201 e. The molecule has 0 bridgehead atoms. The first-order valence-electron chi connectivity index (χ1n) is 5.37. The first kappa shape index (κ1) is 9.48. The minimum absolute atomic E-state index is 1.14. The third-order valence-electron chi connectivity index (χ3n) is 2.93. The number of rotatable bonds is 0. The van der Waals surface area contributed by atoms with Crippen molar-refractivity contribution >= 4 is 20.9 Å². The highest BCUT2D eigenvalue weighted by molar-refractivity contribution is 7.68. The second-order valence-electron chi connectivity index (χ2n) is 3.95. The predicted octanol–water partition coefficient (Wildman–Crippen LogP) is 2.27. The average Bonchev–Trinajstić information content (AvgIpc) is 2.77. The predicted molar refractivity (Wildman–Crippen MR) is 65.5 cm³/mol. The molecule has 1 fully saturated rings. The standard InChI is InChI=1S/C11H13N2S2/c1-2-6-13(7-3-1)9-4-5-10-11(8-9)14-15-12-10/h4-5,8H,1-3,6-7H2/q+1. The van der Waals surface area contributed by atoms with E-state index in [1.165, 1.54) is 42.6 Å². The molecule has 78 valence electrons. The number of nitrogens with zero attached hydrogens (tertiary/aromatic N) is 2. The average molecular weight is 237 g/mol. The van der Waals surface area contributed by atoms with E-state index in [1.807, 2.05) is 0 Å². The fourth-order valence-corrected chi connectivity index (χ4v) is 3.87. The monoisotopic (exact) mass is 237 g/mol. The van der Waals surface area contributed by atoms with E-state index in [2.05, 4.69) is 27.1 Å². The fourth-order valence-electron chi connectivity index (χ4n) is 2.09. The van der Waals surface area contributed by atoms with Crippen LogP contribution in [0.15, 0.2) is 18.2 Å². The summed E-state index contributed by atoms with van der Waals surface area (Å²) in [6.45, 7) is 2.43. The molecule has 0 aromatic heterocycles. The topological polar surface area (TPSA) is 15.9 Å². The Bertz CT molecular complexity index is 490. The number of benzene rings is 1. The summed E-state index contributed by atoms with van der Waals surface area (Å²) >= 11 is 0. The minimum Gasteiger partial charge on any atom is -0.230 e. The Kier molecular flexibility index (Phi) is 2.54. The lowest BCUT2D eigenvalue weighted by molar-refractivity contribution is 0.451. The van der Waals surface area contributed by atoms with Crippen molar-refractivity contribution in [3.8, 4) is 10.6 Å². The molecule has 1 aliphatic carbocycles. The zero-order chi connectivity index (χ0) is 10.1. The smallest absolute Gasteiger partial charge is 0.201 e. The van der Waals surface area contributed by atoms with E-state index < -0.39 is 0 Å². The molecule has 3 rings (SSSR count). The molecule has 0 atom stereocenters. The lowest BCUT2D eigenvalue weighted by Gasteiger charge is -2.09. The van der Waals surface area contributed by atoms with Gasteiger partial charge in [-0.25, -0.2) is 4.58 Å². The van der Waals surface area contributed by atoms with Gasteiger partial charge in [-0.3, -0.25) is 0 Å². The molecule has 0 unspecified atom stereocenters. The summed E-state index contributed by atoms with van der Waals surface area (Å²) in [5, 5.41) is 1.37. The van der Waals surface area contributed by atoms with Crippen LogP contribution >= 0.6 is 20.9 Å². The molecule has 15 heavy (non-hydrogen) atoms. The Morgan fingerprint density at radius 3 is 2.87 bits per heavy atom. The maximum absolute atomic E-state index is 4.35. The Hall–Kier alpha value is -0.740. The van der Waals surface area contributed by atoms with Gasteiger partial charge in [-0.05, 0) is 12.5 Å². The minimum atomic E-state index is 1.14. The molecule has 0 spiro atoms. The van der Waals surface area contributed by atoms with Crippen molar-refractivity contribution in [2.45, 2.75) is 19.3 Å². The van der Waals surface area contributed by atoms with E-state index in [-0.39, 0.29) is 0 Å². The summed E-state index contributed by atoms with van der Waals surface area (Å²) in [5.74, 6) is 0. The SMILES string of the molecule is c1cc(=[N+]2CCCCC2)cc2ssnc1-2. The first-order chi connectivity index (χ1) is 7.43. The van der Waals surface area contributed by atoms with E-state index in [4.69, 9.17) is 0 Å². The van der Waals surface area contributed by atoms with Crippen LogP contribution in [0.4, 0.5) is 0 Å². The number of aromatic nitrogens is 1. The Labute approximate surface area is 96.4 Å². The molecule has 2 aliphatic heterocycles. The Morgan fingerprint density at radius 1 is 1.13 bits per heavy atom. The van der Waals surface area contributed by atoms with Crippen LogP contribution in [-0.4, -0.2) is 17.5 Å². The second-order valence-corrected chi connectivity index (χ2v) is 5.83. The first-order valence-corrected chi connectivity index (χ1v) is 7.48. The van der Waals surface area contributed by atoms with Gasteiger partial charge >= 0.3 is 0 Å². The van der Waals surface area contributed by atoms with E-state index in [9.17, 15) is 0 Å². The summed E-state index contributed by atoms with van der Waals surface area (Å²) in [7, 11) is 3.35. The van der Waals surface area contributed by atoms with Crippen molar-refractivity contribution in [3.63, 3.8) is 0 Å². The molecule has 0 amide bonds. The van der Waals surface area contributed by atoms with Crippen molar-refractivity contribution in [2.75, 3.05) is 13.1 Å². The Morgan fingerprint density at radius 2 is 2.00 bits per heavy atom. The molecule has 2 nitrogen and oxygen atoms in total. The van der Waals surface area contributed by atoms with Crippen LogP contribution < -0.4 is 9.93 Å². The van der Waals surface area contributed by atoms with Crippen molar-refractivity contribution in [3.05, 3.63) is 23.6 Å². The molecule has 0 aromatic carbocycles. The number of fused-ring (bicyclic) bond motifs is 1. The zero-order valence-electron chi connectivity index (χ0n) is 8.48. The van der Waals surface area contributed by atoms with Gasteiger partial charge in [0, 0.05) is 35.5 Å². The lowest BCUT2D eigenvalue weighted by Crippen LogP contribution is -2.34. The summed E-state index contributed by atoms with van der Waals surface area (Å²) < 4.78 is 6.84. The van der Waals surface area contributed by atoms with Gasteiger partial charge in [0.2, 0.25) is 5.36 Å². The third kappa shape index (κ3) is 1.84. The molecule has 4 heteroatoms. The van der Waals surface area contributed by atoms with E-state index in [0.717, 1.165) is 5.69 Å². The lowest BCUT2D eigenvalue weighted by atomic mass is 10.1. The van der Waals surface area contributed by atoms with Crippen molar-refractivity contribution in [1.29, 1.82) is 0 Å². The molecule has 0 radical (unpaired) electrons. The highest BCUT2D eigenvalue weighted by Gasteiger charge is 2.13. The largest absolute Gasteiger partial charge is 0.230 e. The molecule has 0 N–H and O–H groups in total. The van der Waals surface area contributed by atoms with Crippen LogP contribution in [0.2, 0.25) is 0 Å². The van der Waals surface area contributed by atoms with Gasteiger partial charge in [0.1, 0.15) is 13.1 Å². The molecule has 0 aromatic rings. The van der Waals surface area contributed by atoms with Crippen LogP contribution in [0, 0.1) is 0 Å². The second kappa shape index (κ2) is 4.02. The van der Waals surface area contributed by atoms with Gasteiger partial charge < -0.3 is 0 Å². The third-order valence-corrected chi connectivity index (χ3v) is 4.77. The van der Waals surface area contributed by atoms with E-state index in [0.29, 0.717) is 0 Å². The number of piperidine rings is 1. The van der Waals surface area contributed by atoms with Crippen molar-refractivity contribution in [1.82, 2.24) is 8.95 Å².